The van der Waals surface area contributed by atoms with Gasteiger partial charge in [-0.15, -0.1) is 0 Å². The van der Waals surface area contributed by atoms with Crippen LogP contribution in [0.2, 0.25) is 0 Å². The number of hydrogen-bond acceptors (Lipinski definition) is 3. The number of unbranched alkanes of at least 4 members (excludes halogenated alkanes) is 2. The van der Waals surface area contributed by atoms with Crippen LogP contribution < -0.4 is 18.9 Å². The van der Waals surface area contributed by atoms with Crippen LogP contribution in [0.25, 0.3) is 0 Å². The zero-order valence-corrected chi connectivity index (χ0v) is 11.0. The van der Waals surface area contributed by atoms with Gasteiger partial charge in [0, 0.05) is 6.42 Å². The van der Waals surface area contributed by atoms with Gasteiger partial charge in [-0.3, -0.25) is 0 Å². The van der Waals surface area contributed by atoms with Crippen LogP contribution in [-0.4, -0.2) is 30.1 Å². The van der Waals surface area contributed by atoms with E-state index in [1.165, 1.54) is 0 Å². The average Bonchev–Trinajstić information content (AvgIpc) is 2.15. The van der Waals surface area contributed by atoms with Crippen molar-refractivity contribution in [2.75, 3.05) is 0 Å². The zero-order valence-electron chi connectivity index (χ0n) is 10.2. The van der Waals surface area contributed by atoms with Gasteiger partial charge < -0.3 is 4.55 Å². The van der Waals surface area contributed by atoms with Crippen LogP contribution in [0.1, 0.15) is 32.6 Å². The van der Waals surface area contributed by atoms with Crippen molar-refractivity contribution in [3.63, 3.8) is 0 Å². The Bertz CT molecular complexity index is 384. The molecule has 0 aliphatic carbocycles. The molecule has 0 saturated heterocycles. The normalized spacial score (nSPS) is 14.1. The SMILES string of the molecule is CCCCCC(F)(F)C(F)(F)C(F)(F)S(=O)(=O)[O-].[Li+]. The molecule has 0 aromatic carbocycles. The first-order valence-corrected chi connectivity index (χ1v) is 6.31. The third-order valence-corrected chi connectivity index (χ3v) is 3.12. The average molecular weight is 308 g/mol. The first-order chi connectivity index (χ1) is 7.81. The van der Waals surface area contributed by atoms with Gasteiger partial charge in [-0.1, -0.05) is 19.8 Å². The molecule has 0 aromatic heterocycles. The summed E-state index contributed by atoms with van der Waals surface area (Å²) >= 11 is 0. The fourth-order valence-corrected chi connectivity index (χ4v) is 1.59. The Morgan fingerprint density at radius 2 is 1.42 bits per heavy atom. The number of halogens is 6. The maximum Gasteiger partial charge on any atom is 1.00 e. The Kier molecular flexibility index (Phi) is 7.54. The topological polar surface area (TPSA) is 57.2 Å². The van der Waals surface area contributed by atoms with Gasteiger partial charge in [0.2, 0.25) is 0 Å². The van der Waals surface area contributed by atoms with Gasteiger partial charge in [0.1, 0.15) is 0 Å². The number of rotatable bonds is 7. The quantitative estimate of drug-likeness (QED) is 0.287. The molecule has 3 nitrogen and oxygen atoms in total. The van der Waals surface area contributed by atoms with Crippen LogP contribution in [0.3, 0.4) is 0 Å². The van der Waals surface area contributed by atoms with E-state index >= 15 is 0 Å². The maximum absolute atomic E-state index is 12.9. The molecule has 0 aromatic rings. The molecule has 0 rings (SSSR count). The zero-order chi connectivity index (χ0) is 14.8. The van der Waals surface area contributed by atoms with E-state index in [4.69, 9.17) is 0 Å². The third-order valence-electron chi connectivity index (χ3n) is 2.23. The summed E-state index contributed by atoms with van der Waals surface area (Å²) in [7, 11) is -6.89. The number of alkyl halides is 6. The van der Waals surface area contributed by atoms with E-state index in [0.717, 1.165) is 0 Å². The summed E-state index contributed by atoms with van der Waals surface area (Å²) in [4.78, 5) is 0. The van der Waals surface area contributed by atoms with Crippen LogP contribution in [-0.2, 0) is 10.1 Å². The van der Waals surface area contributed by atoms with Gasteiger partial charge >= 0.3 is 36.0 Å². The minimum absolute atomic E-state index is 0. The monoisotopic (exact) mass is 308 g/mol. The van der Waals surface area contributed by atoms with Gasteiger partial charge in [-0.05, 0) is 6.42 Å². The predicted octanol–water partition coefficient (Wildman–Crippen LogP) is -0.0207. The molecule has 0 saturated carbocycles. The Morgan fingerprint density at radius 1 is 1.00 bits per heavy atom. The molecule has 0 aliphatic heterocycles. The number of hydrogen-bond donors (Lipinski definition) is 0. The summed E-state index contributed by atoms with van der Waals surface area (Å²) in [6, 6.07) is 0. The molecule has 0 aliphatic rings. The van der Waals surface area contributed by atoms with Crippen molar-refractivity contribution in [3.8, 4) is 0 Å². The first-order valence-electron chi connectivity index (χ1n) is 4.90. The molecule has 110 valence electrons. The molecule has 0 fully saturated rings. The van der Waals surface area contributed by atoms with Gasteiger partial charge in [0.25, 0.3) is 0 Å². The molecule has 0 N–H and O–H groups in total. The molecule has 0 heterocycles. The van der Waals surface area contributed by atoms with Crippen molar-refractivity contribution in [1.82, 2.24) is 0 Å². The summed E-state index contributed by atoms with van der Waals surface area (Å²) in [5, 5.41) is -6.35. The molecule has 0 unspecified atom stereocenters. The second-order valence-electron chi connectivity index (χ2n) is 3.71. The van der Waals surface area contributed by atoms with Crippen LogP contribution >= 0.6 is 0 Å². The molecular weight excluding hydrogens is 297 g/mol. The van der Waals surface area contributed by atoms with Crippen molar-refractivity contribution in [2.24, 2.45) is 0 Å². The van der Waals surface area contributed by atoms with E-state index in [2.05, 4.69) is 0 Å². The van der Waals surface area contributed by atoms with Crippen molar-refractivity contribution in [3.05, 3.63) is 0 Å². The van der Waals surface area contributed by atoms with Crippen LogP contribution in [0.15, 0.2) is 0 Å². The van der Waals surface area contributed by atoms with Gasteiger partial charge in [0.05, 0.1) is 0 Å². The predicted molar refractivity (Wildman–Crippen MR) is 48.7 cm³/mol. The van der Waals surface area contributed by atoms with E-state index in [1.807, 2.05) is 0 Å². The summed E-state index contributed by atoms with van der Waals surface area (Å²) in [5.74, 6) is -11.5. The Labute approximate surface area is 118 Å². The fourth-order valence-electron chi connectivity index (χ4n) is 1.12. The largest absolute Gasteiger partial charge is 1.00 e. The summed E-state index contributed by atoms with van der Waals surface area (Å²) in [6.45, 7) is 1.56. The molecular formula is C8H11F6LiO3S. The van der Waals surface area contributed by atoms with E-state index in [1.54, 1.807) is 6.92 Å². The van der Waals surface area contributed by atoms with E-state index in [0.29, 0.717) is 6.42 Å². The van der Waals surface area contributed by atoms with E-state index in [-0.39, 0.29) is 25.3 Å². The molecule has 19 heavy (non-hydrogen) atoms. The molecule has 0 spiro atoms. The molecule has 0 bridgehead atoms. The van der Waals surface area contributed by atoms with Crippen LogP contribution in [0.5, 0.6) is 0 Å². The minimum atomic E-state index is -6.89. The Balaban J connectivity index is 0. The van der Waals surface area contributed by atoms with Gasteiger partial charge in [0.15, 0.2) is 10.1 Å². The second kappa shape index (κ2) is 6.69. The molecule has 0 amide bonds. The second-order valence-corrected chi connectivity index (χ2v) is 5.13. The van der Waals surface area contributed by atoms with Crippen LogP contribution in [0.4, 0.5) is 26.3 Å². The summed E-state index contributed by atoms with van der Waals surface area (Å²) in [6.07, 6.45) is -1.66. The summed E-state index contributed by atoms with van der Waals surface area (Å²) < 4.78 is 107. The minimum Gasteiger partial charge on any atom is -0.743 e. The van der Waals surface area contributed by atoms with Gasteiger partial charge in [-0.25, -0.2) is 8.42 Å². The van der Waals surface area contributed by atoms with Crippen molar-refractivity contribution in [2.45, 2.75) is 49.7 Å². The van der Waals surface area contributed by atoms with Crippen molar-refractivity contribution >= 4 is 10.1 Å². The maximum atomic E-state index is 12.9. The van der Waals surface area contributed by atoms with E-state index < -0.39 is 40.1 Å². The van der Waals surface area contributed by atoms with Crippen LogP contribution in [0, 0.1) is 0 Å². The van der Waals surface area contributed by atoms with Crippen molar-refractivity contribution in [1.29, 1.82) is 0 Å². The Morgan fingerprint density at radius 3 is 1.74 bits per heavy atom. The van der Waals surface area contributed by atoms with Crippen molar-refractivity contribution < 1.29 is 58.2 Å². The third kappa shape index (κ3) is 4.28. The molecule has 0 radical (unpaired) electrons. The standard InChI is InChI=1S/C8H12F6O3S.Li/c1-2-3-4-5-6(9,10)7(11,12)8(13,14)18(15,16)17;/h2-5H2,1H3,(H,15,16,17);/q;+1/p-1. The summed E-state index contributed by atoms with van der Waals surface area (Å²) in [5.41, 5.74) is 0. The smallest absolute Gasteiger partial charge is 0.743 e. The Hall–Kier alpha value is 0.0874. The van der Waals surface area contributed by atoms with E-state index in [9.17, 15) is 39.3 Å². The van der Waals surface area contributed by atoms with Gasteiger partial charge in [-0.2, -0.15) is 26.3 Å². The molecule has 0 atom stereocenters. The molecule has 11 heteroatoms. The fraction of sp³-hybridized carbons (Fsp3) is 1.00. The first kappa shape index (κ1) is 21.4.